The molecule has 1 aromatic heterocycles. The molecule has 0 atom stereocenters. The van der Waals surface area contributed by atoms with Gasteiger partial charge in [-0.1, -0.05) is 76.1 Å². The molecule has 0 saturated heterocycles. The molecule has 0 aliphatic rings. The van der Waals surface area contributed by atoms with Crippen LogP contribution in [0.25, 0.3) is 10.9 Å². The Balaban J connectivity index is 1.54. The van der Waals surface area contributed by atoms with Gasteiger partial charge in [0.1, 0.15) is 0 Å². The molecule has 0 radical (unpaired) electrons. The molecule has 0 amide bonds. The van der Waals surface area contributed by atoms with E-state index in [1.807, 2.05) is 30.3 Å². The lowest BCUT2D eigenvalue weighted by atomic mass is 10.1. The third kappa shape index (κ3) is 5.82. The van der Waals surface area contributed by atoms with Crippen LogP contribution >= 0.6 is 0 Å². The molecule has 30 heavy (non-hydrogen) atoms. The zero-order chi connectivity index (χ0) is 21.2. The summed E-state index contributed by atoms with van der Waals surface area (Å²) < 4.78 is 7.03. The van der Waals surface area contributed by atoms with Gasteiger partial charge in [0.25, 0.3) is 5.91 Å². The molecule has 3 aromatic rings. The number of esters is 1. The number of rotatable bonds is 11. The van der Waals surface area contributed by atoms with Crippen molar-refractivity contribution < 1.29 is 14.3 Å². The van der Waals surface area contributed by atoms with Crippen LogP contribution in [0.15, 0.2) is 60.8 Å². The van der Waals surface area contributed by atoms with Gasteiger partial charge in [0.15, 0.2) is 0 Å². The second-order valence-corrected chi connectivity index (χ2v) is 7.74. The van der Waals surface area contributed by atoms with Crippen LogP contribution in [0, 0.1) is 0 Å². The summed E-state index contributed by atoms with van der Waals surface area (Å²) in [7, 11) is 0. The van der Waals surface area contributed by atoms with Gasteiger partial charge in [0.2, 0.25) is 0 Å². The molecular weight excluding hydrogens is 374 g/mol. The van der Waals surface area contributed by atoms with E-state index in [4.69, 9.17) is 4.74 Å². The van der Waals surface area contributed by atoms with Crippen LogP contribution in [0.2, 0.25) is 0 Å². The second kappa shape index (κ2) is 11.3. The van der Waals surface area contributed by atoms with Crippen molar-refractivity contribution in [2.45, 2.75) is 58.3 Å². The number of ether oxygens (including phenoxy) is 1. The number of fused-ring (bicyclic) bond motifs is 1. The van der Waals surface area contributed by atoms with Crippen molar-refractivity contribution in [3.63, 3.8) is 0 Å². The maximum absolute atomic E-state index is 12.8. The average Bonchev–Trinajstić information content (AvgIpc) is 3.21. The quantitative estimate of drug-likeness (QED) is 0.266. The van der Waals surface area contributed by atoms with Crippen LogP contribution in [-0.4, -0.2) is 23.1 Å². The fourth-order valence-electron chi connectivity index (χ4n) is 3.64. The second-order valence-electron chi connectivity index (χ2n) is 7.74. The Kier molecular flexibility index (Phi) is 8.25. The molecule has 1 heterocycles. The molecule has 2 aromatic carbocycles. The molecule has 0 saturated carbocycles. The van der Waals surface area contributed by atoms with Crippen LogP contribution in [0.5, 0.6) is 0 Å². The number of carbonyl (C=O) groups is 2. The van der Waals surface area contributed by atoms with E-state index in [0.717, 1.165) is 18.2 Å². The predicted molar refractivity (Wildman–Crippen MR) is 121 cm³/mol. The number of nitrogens with zero attached hydrogens (tertiary/aromatic N) is 1. The lowest BCUT2D eigenvalue weighted by Gasteiger charge is -2.07. The molecule has 0 aliphatic carbocycles. The normalized spacial score (nSPS) is 11.0. The maximum atomic E-state index is 12.8. The van der Waals surface area contributed by atoms with Gasteiger partial charge >= 0.3 is 5.97 Å². The fourth-order valence-corrected chi connectivity index (χ4v) is 3.64. The summed E-state index contributed by atoms with van der Waals surface area (Å²) in [5.41, 5.74) is 1.80. The van der Waals surface area contributed by atoms with Gasteiger partial charge in [0, 0.05) is 17.1 Å². The summed E-state index contributed by atoms with van der Waals surface area (Å²) in [5, 5.41) is 0.916. The van der Waals surface area contributed by atoms with Crippen LogP contribution in [0.1, 0.15) is 79.0 Å². The van der Waals surface area contributed by atoms with Crippen LogP contribution in [0.3, 0.4) is 0 Å². The van der Waals surface area contributed by atoms with Crippen LogP contribution < -0.4 is 0 Å². The fraction of sp³-hybridized carbons (Fsp3) is 0.385. The monoisotopic (exact) mass is 405 g/mol. The average molecular weight is 406 g/mol. The SMILES string of the molecule is CCCCCCCCCCOC(=O)c1ccc2ccn(C(=O)c3ccccc3)c2c1. The summed E-state index contributed by atoms with van der Waals surface area (Å²) in [6.07, 6.45) is 11.4. The van der Waals surface area contributed by atoms with Crippen molar-refractivity contribution in [3.05, 3.63) is 71.9 Å². The smallest absolute Gasteiger partial charge is 0.338 e. The number of unbranched alkanes of at least 4 members (excludes halogenated alkanes) is 7. The summed E-state index contributed by atoms with van der Waals surface area (Å²) in [5.74, 6) is -0.449. The van der Waals surface area contributed by atoms with Gasteiger partial charge in [-0.05, 0) is 36.8 Å². The van der Waals surface area contributed by atoms with Gasteiger partial charge in [-0.15, -0.1) is 0 Å². The minimum Gasteiger partial charge on any atom is -0.462 e. The Morgan fingerprint density at radius 3 is 2.23 bits per heavy atom. The van der Waals surface area contributed by atoms with Gasteiger partial charge in [-0.3, -0.25) is 9.36 Å². The minimum absolute atomic E-state index is 0.116. The van der Waals surface area contributed by atoms with E-state index < -0.39 is 0 Å². The van der Waals surface area contributed by atoms with Gasteiger partial charge in [-0.25, -0.2) is 4.79 Å². The molecule has 3 rings (SSSR count). The Labute approximate surface area is 178 Å². The highest BCUT2D eigenvalue weighted by Crippen LogP contribution is 2.20. The van der Waals surface area contributed by atoms with Crippen molar-refractivity contribution >= 4 is 22.8 Å². The Morgan fingerprint density at radius 2 is 1.50 bits per heavy atom. The van der Waals surface area contributed by atoms with Gasteiger partial charge in [0.05, 0.1) is 17.7 Å². The van der Waals surface area contributed by atoms with Gasteiger partial charge in [-0.2, -0.15) is 0 Å². The van der Waals surface area contributed by atoms with E-state index in [0.29, 0.717) is 23.3 Å². The molecule has 0 spiro atoms. The van der Waals surface area contributed by atoms with E-state index in [-0.39, 0.29) is 11.9 Å². The molecule has 158 valence electrons. The molecule has 4 nitrogen and oxygen atoms in total. The first-order valence-electron chi connectivity index (χ1n) is 11.1. The lowest BCUT2D eigenvalue weighted by molar-refractivity contribution is 0.0497. The largest absolute Gasteiger partial charge is 0.462 e. The highest BCUT2D eigenvalue weighted by molar-refractivity contribution is 6.03. The highest BCUT2D eigenvalue weighted by Gasteiger charge is 2.14. The number of hydrogen-bond donors (Lipinski definition) is 0. The standard InChI is InChI=1S/C26H31NO3/c1-2-3-4-5-6-7-8-12-19-30-26(29)23-16-15-21-17-18-27(24(21)20-23)25(28)22-13-10-9-11-14-22/h9-11,13-18,20H,2-8,12,19H2,1H3. The van der Waals surface area contributed by atoms with E-state index >= 15 is 0 Å². The molecule has 0 unspecified atom stereocenters. The molecule has 0 fully saturated rings. The summed E-state index contributed by atoms with van der Waals surface area (Å²) in [6.45, 7) is 2.67. The van der Waals surface area contributed by atoms with Crippen LogP contribution in [-0.2, 0) is 4.74 Å². The summed E-state index contributed by atoms with van der Waals surface area (Å²) >= 11 is 0. The van der Waals surface area contributed by atoms with E-state index in [1.54, 1.807) is 35.0 Å². The van der Waals surface area contributed by atoms with E-state index in [1.165, 1.54) is 38.5 Å². The van der Waals surface area contributed by atoms with Crippen molar-refractivity contribution in [3.8, 4) is 0 Å². The Hall–Kier alpha value is -2.88. The summed E-state index contributed by atoms with van der Waals surface area (Å²) in [6, 6.07) is 16.4. The maximum Gasteiger partial charge on any atom is 0.338 e. The molecule has 4 heteroatoms. The highest BCUT2D eigenvalue weighted by atomic mass is 16.5. The zero-order valence-corrected chi connectivity index (χ0v) is 17.8. The Bertz CT molecular complexity index is 959. The molecule has 0 N–H and O–H groups in total. The van der Waals surface area contributed by atoms with Crippen LogP contribution in [0.4, 0.5) is 0 Å². The van der Waals surface area contributed by atoms with Crippen molar-refractivity contribution in [2.24, 2.45) is 0 Å². The third-order valence-electron chi connectivity index (χ3n) is 5.40. The van der Waals surface area contributed by atoms with Gasteiger partial charge < -0.3 is 4.74 Å². The first-order chi connectivity index (χ1) is 14.7. The van der Waals surface area contributed by atoms with Crippen molar-refractivity contribution in [1.82, 2.24) is 4.57 Å². The topological polar surface area (TPSA) is 48.3 Å². The molecular formula is C26H31NO3. The number of hydrogen-bond acceptors (Lipinski definition) is 3. The molecule has 0 aliphatic heterocycles. The number of aromatic nitrogens is 1. The van der Waals surface area contributed by atoms with E-state index in [9.17, 15) is 9.59 Å². The molecule has 0 bridgehead atoms. The zero-order valence-electron chi connectivity index (χ0n) is 17.8. The van der Waals surface area contributed by atoms with E-state index in [2.05, 4.69) is 6.92 Å². The van der Waals surface area contributed by atoms with Crippen molar-refractivity contribution in [1.29, 1.82) is 0 Å². The minimum atomic E-state index is -0.334. The first kappa shape index (κ1) is 21.8. The number of carbonyl (C=O) groups excluding carboxylic acids is 2. The van der Waals surface area contributed by atoms with Crippen molar-refractivity contribution in [2.75, 3.05) is 6.61 Å². The summed E-state index contributed by atoms with van der Waals surface area (Å²) in [4.78, 5) is 25.3. The third-order valence-corrected chi connectivity index (χ3v) is 5.40. The lowest BCUT2D eigenvalue weighted by Crippen LogP contribution is -2.11. The predicted octanol–water partition coefficient (Wildman–Crippen LogP) is 6.63. The first-order valence-corrected chi connectivity index (χ1v) is 11.1. The number of benzene rings is 2. The Morgan fingerprint density at radius 1 is 0.800 bits per heavy atom.